The number of anilines is 1. The fourth-order valence-corrected chi connectivity index (χ4v) is 4.18. The lowest BCUT2D eigenvalue weighted by atomic mass is 10.0. The fourth-order valence-electron chi connectivity index (χ4n) is 3.76. The molecular weight excluding hydrogens is 458 g/mol. The molecule has 0 saturated carbocycles. The van der Waals surface area contributed by atoms with Crippen molar-refractivity contribution in [3.8, 4) is 6.07 Å². The minimum absolute atomic E-state index is 0.171. The summed E-state index contributed by atoms with van der Waals surface area (Å²) in [5, 5.41) is 11.9. The number of allylic oxidation sites excluding steroid dienone is 3. The molecule has 33 heavy (non-hydrogen) atoms. The number of nitriles is 1. The maximum atomic E-state index is 13.1. The van der Waals surface area contributed by atoms with Gasteiger partial charge in [-0.3, -0.25) is 19.3 Å². The highest BCUT2D eigenvalue weighted by molar-refractivity contribution is 7.81. The van der Waals surface area contributed by atoms with Crippen LogP contribution >= 0.6 is 23.8 Å². The van der Waals surface area contributed by atoms with E-state index < -0.39 is 17.7 Å². The summed E-state index contributed by atoms with van der Waals surface area (Å²) >= 11 is 11.3. The molecule has 8 heteroatoms. The zero-order valence-electron chi connectivity index (χ0n) is 17.4. The summed E-state index contributed by atoms with van der Waals surface area (Å²) in [5.74, 6) is -1.33. The fraction of sp³-hybridized carbons (Fsp3) is 0.160. The van der Waals surface area contributed by atoms with E-state index in [1.165, 1.54) is 11.0 Å². The lowest BCUT2D eigenvalue weighted by Crippen LogP contribution is -2.32. The lowest BCUT2D eigenvalue weighted by Gasteiger charge is -2.15. The first-order chi connectivity index (χ1) is 15.9. The number of thiocarbonyl (C=S) groups is 1. The van der Waals surface area contributed by atoms with Crippen LogP contribution in [0.15, 0.2) is 65.2 Å². The minimum Gasteiger partial charge on any atom is -0.321 e. The molecule has 3 amide bonds. The SMILES string of the molecule is N#CCc1ccc(CCN2C(=O)c3cccc(NC(=O)C4=CC(Cl)=CCC4=S)c3C2=O)cc1. The van der Waals surface area contributed by atoms with Gasteiger partial charge in [-0.2, -0.15) is 5.26 Å². The van der Waals surface area contributed by atoms with Crippen molar-refractivity contribution in [2.45, 2.75) is 19.3 Å². The van der Waals surface area contributed by atoms with E-state index in [-0.39, 0.29) is 28.9 Å². The number of halogens is 1. The molecule has 2 aliphatic rings. The van der Waals surface area contributed by atoms with E-state index in [1.54, 1.807) is 24.3 Å². The number of rotatable bonds is 6. The number of nitrogens with zero attached hydrogens (tertiary/aromatic N) is 2. The highest BCUT2D eigenvalue weighted by Gasteiger charge is 2.37. The quantitative estimate of drug-likeness (QED) is 0.495. The normalized spacial score (nSPS) is 15.0. The van der Waals surface area contributed by atoms with Gasteiger partial charge < -0.3 is 5.32 Å². The number of imide groups is 1. The van der Waals surface area contributed by atoms with Gasteiger partial charge in [0.1, 0.15) is 0 Å². The summed E-state index contributed by atoms with van der Waals surface area (Å²) in [4.78, 5) is 40.4. The Balaban J connectivity index is 1.51. The number of amides is 3. The monoisotopic (exact) mass is 475 g/mol. The van der Waals surface area contributed by atoms with Crippen LogP contribution in [0.3, 0.4) is 0 Å². The first-order valence-electron chi connectivity index (χ1n) is 10.2. The van der Waals surface area contributed by atoms with Crippen molar-refractivity contribution >= 4 is 52.1 Å². The van der Waals surface area contributed by atoms with Gasteiger partial charge in [0.05, 0.1) is 34.9 Å². The van der Waals surface area contributed by atoms with Crippen LogP contribution in [0.4, 0.5) is 5.69 Å². The van der Waals surface area contributed by atoms with Crippen molar-refractivity contribution in [2.75, 3.05) is 11.9 Å². The van der Waals surface area contributed by atoms with Gasteiger partial charge in [0.15, 0.2) is 0 Å². The summed E-state index contributed by atoms with van der Waals surface area (Å²) in [6, 6.07) is 14.4. The maximum absolute atomic E-state index is 13.1. The van der Waals surface area contributed by atoms with Crippen LogP contribution < -0.4 is 5.32 Å². The van der Waals surface area contributed by atoms with E-state index in [9.17, 15) is 14.4 Å². The largest absolute Gasteiger partial charge is 0.321 e. The Labute approximate surface area is 201 Å². The Bertz CT molecular complexity index is 1290. The third-order valence-electron chi connectivity index (χ3n) is 5.49. The van der Waals surface area contributed by atoms with Crippen LogP contribution in [0.2, 0.25) is 0 Å². The standard InChI is InChI=1S/C25H18ClN3O3S/c26-17-8-9-21(33)19(14-17)23(30)28-20-3-1-2-18-22(20)25(32)29(24(18)31)13-11-16-6-4-15(5-7-16)10-12-27/h1-8,14H,9-11,13H2,(H,28,30). The lowest BCUT2D eigenvalue weighted by molar-refractivity contribution is -0.112. The Morgan fingerprint density at radius 2 is 1.85 bits per heavy atom. The number of fused-ring (bicyclic) bond motifs is 1. The van der Waals surface area contributed by atoms with Gasteiger partial charge in [-0.1, -0.05) is 60.2 Å². The number of hydrogen-bond acceptors (Lipinski definition) is 5. The molecule has 0 atom stereocenters. The van der Waals surface area contributed by atoms with Gasteiger partial charge in [0.25, 0.3) is 17.7 Å². The van der Waals surface area contributed by atoms with E-state index in [2.05, 4.69) is 11.4 Å². The van der Waals surface area contributed by atoms with Gasteiger partial charge in [-0.05, 0) is 35.8 Å². The predicted octanol–water partition coefficient (Wildman–Crippen LogP) is 4.35. The van der Waals surface area contributed by atoms with Gasteiger partial charge in [0.2, 0.25) is 0 Å². The predicted molar refractivity (Wildman–Crippen MR) is 129 cm³/mol. The third kappa shape index (κ3) is 4.63. The highest BCUT2D eigenvalue weighted by Crippen LogP contribution is 2.30. The molecule has 0 fully saturated rings. The van der Waals surface area contributed by atoms with Crippen LogP contribution in [0.5, 0.6) is 0 Å². The van der Waals surface area contributed by atoms with Crippen molar-refractivity contribution in [3.05, 3.63) is 87.5 Å². The zero-order valence-corrected chi connectivity index (χ0v) is 19.0. The van der Waals surface area contributed by atoms with Gasteiger partial charge in [-0.15, -0.1) is 0 Å². The molecule has 0 aromatic heterocycles. The van der Waals surface area contributed by atoms with Gasteiger partial charge >= 0.3 is 0 Å². The summed E-state index contributed by atoms with van der Waals surface area (Å²) in [5.41, 5.74) is 2.80. The number of nitrogens with one attached hydrogen (secondary N) is 1. The van der Waals surface area contributed by atoms with Gasteiger partial charge in [0, 0.05) is 22.9 Å². The van der Waals surface area contributed by atoms with E-state index in [4.69, 9.17) is 29.1 Å². The van der Waals surface area contributed by atoms with Crippen LogP contribution in [0, 0.1) is 11.3 Å². The number of hydrogen-bond donors (Lipinski definition) is 1. The maximum Gasteiger partial charge on any atom is 0.263 e. The average Bonchev–Trinajstić information content (AvgIpc) is 3.05. The Morgan fingerprint density at radius 1 is 1.12 bits per heavy atom. The van der Waals surface area contributed by atoms with Crippen molar-refractivity contribution in [1.82, 2.24) is 4.90 Å². The molecule has 0 spiro atoms. The summed E-state index contributed by atoms with van der Waals surface area (Å²) in [6.45, 7) is 0.201. The van der Waals surface area contributed by atoms with Crippen LogP contribution in [-0.2, 0) is 17.6 Å². The molecule has 2 aromatic rings. The molecule has 6 nitrogen and oxygen atoms in total. The van der Waals surface area contributed by atoms with E-state index >= 15 is 0 Å². The first-order valence-corrected chi connectivity index (χ1v) is 11.0. The second kappa shape index (κ2) is 9.49. The molecule has 0 bridgehead atoms. The van der Waals surface area contributed by atoms with E-state index in [0.717, 1.165) is 11.1 Å². The van der Waals surface area contributed by atoms with Crippen molar-refractivity contribution in [2.24, 2.45) is 0 Å². The Morgan fingerprint density at radius 3 is 2.58 bits per heavy atom. The molecule has 4 rings (SSSR count). The second-order valence-corrected chi connectivity index (χ2v) is 8.55. The molecule has 1 aliphatic carbocycles. The van der Waals surface area contributed by atoms with Crippen molar-refractivity contribution in [1.29, 1.82) is 5.26 Å². The molecule has 2 aromatic carbocycles. The second-order valence-electron chi connectivity index (χ2n) is 7.62. The van der Waals surface area contributed by atoms with E-state index in [1.807, 2.05) is 24.3 Å². The van der Waals surface area contributed by atoms with Crippen LogP contribution in [-0.4, -0.2) is 34.0 Å². The van der Waals surface area contributed by atoms with Crippen LogP contribution in [0.25, 0.3) is 0 Å². The molecule has 0 radical (unpaired) electrons. The number of carbonyl (C=O) groups is 3. The molecule has 1 heterocycles. The van der Waals surface area contributed by atoms with Gasteiger partial charge in [-0.25, -0.2) is 0 Å². The molecular formula is C25H18ClN3O3S. The number of benzene rings is 2. The van der Waals surface area contributed by atoms with E-state index in [0.29, 0.717) is 29.2 Å². The zero-order chi connectivity index (χ0) is 23.5. The molecule has 164 valence electrons. The smallest absolute Gasteiger partial charge is 0.263 e. The average molecular weight is 476 g/mol. The Hall–Kier alpha value is -3.60. The molecule has 1 N–H and O–H groups in total. The Kier molecular flexibility index (Phi) is 6.50. The first kappa shape index (κ1) is 22.6. The summed E-state index contributed by atoms with van der Waals surface area (Å²) in [7, 11) is 0. The number of carbonyl (C=O) groups excluding carboxylic acids is 3. The molecule has 0 unspecified atom stereocenters. The highest BCUT2D eigenvalue weighted by atomic mass is 35.5. The third-order valence-corrected chi connectivity index (χ3v) is 6.14. The molecule has 1 aliphatic heterocycles. The van der Waals surface area contributed by atoms with Crippen LogP contribution in [0.1, 0.15) is 38.3 Å². The molecule has 0 saturated heterocycles. The topological polar surface area (TPSA) is 90.3 Å². The minimum atomic E-state index is -0.476. The van der Waals surface area contributed by atoms with Crippen molar-refractivity contribution in [3.63, 3.8) is 0 Å². The summed E-state index contributed by atoms with van der Waals surface area (Å²) in [6.07, 6.45) is 4.41. The van der Waals surface area contributed by atoms with Crippen molar-refractivity contribution < 1.29 is 14.4 Å². The summed E-state index contributed by atoms with van der Waals surface area (Å²) < 4.78 is 0.